The molecule has 0 atom stereocenters. The average Bonchev–Trinajstić information content (AvgIpc) is 3.06. The second-order valence-electron chi connectivity index (χ2n) is 8.17. The van der Waals surface area contributed by atoms with Crippen molar-refractivity contribution in [1.29, 1.82) is 0 Å². The third-order valence-electron chi connectivity index (χ3n) is 5.66. The molecule has 160 valence electrons. The Morgan fingerprint density at radius 2 is 1.97 bits per heavy atom. The van der Waals surface area contributed by atoms with Crippen LogP contribution < -0.4 is 5.56 Å². The third-order valence-corrected chi connectivity index (χ3v) is 6.84. The van der Waals surface area contributed by atoms with Crippen molar-refractivity contribution in [3.8, 4) is 0 Å². The first-order valence-corrected chi connectivity index (χ1v) is 11.7. The van der Waals surface area contributed by atoms with E-state index in [2.05, 4.69) is 32.6 Å². The fourth-order valence-corrected chi connectivity index (χ4v) is 5.07. The first-order chi connectivity index (χ1) is 13.9. The normalized spacial score (nSPS) is 14.0. The molecule has 0 spiro atoms. The molecule has 0 saturated carbocycles. The highest BCUT2D eigenvalue weighted by Crippen LogP contribution is 2.33. The van der Waals surface area contributed by atoms with Gasteiger partial charge in [-0.2, -0.15) is 0 Å². The molecule has 3 rings (SSSR count). The maximum absolute atomic E-state index is 13.5. The van der Waals surface area contributed by atoms with Gasteiger partial charge in [-0.3, -0.25) is 19.1 Å². The molecule has 0 amide bonds. The van der Waals surface area contributed by atoms with Crippen LogP contribution in [0.1, 0.15) is 63.2 Å². The summed E-state index contributed by atoms with van der Waals surface area (Å²) in [5, 5.41) is 0.725. The highest BCUT2D eigenvalue weighted by Gasteiger charge is 2.23. The standard InChI is InChI=1S/C22H33N3O3S/c1-5-24(6-2)13-18-23-21-20(16-9-7-8-10-17(16)29-21)22(27)25(18)14-19(26)28-12-11-15(3)4/h15H,5-14H2,1-4H3. The van der Waals surface area contributed by atoms with E-state index >= 15 is 0 Å². The van der Waals surface area contributed by atoms with Crippen LogP contribution in [0.3, 0.4) is 0 Å². The van der Waals surface area contributed by atoms with Gasteiger partial charge in [0, 0.05) is 4.88 Å². The zero-order valence-electron chi connectivity index (χ0n) is 18.1. The van der Waals surface area contributed by atoms with Gasteiger partial charge in [0.15, 0.2) is 0 Å². The number of ether oxygens (including phenoxy) is 1. The number of rotatable bonds is 9. The van der Waals surface area contributed by atoms with E-state index in [9.17, 15) is 9.59 Å². The van der Waals surface area contributed by atoms with Crippen LogP contribution in [0, 0.1) is 5.92 Å². The highest BCUT2D eigenvalue weighted by molar-refractivity contribution is 7.18. The molecule has 1 aliphatic rings. The first-order valence-electron chi connectivity index (χ1n) is 10.9. The number of thiophene rings is 1. The molecule has 0 unspecified atom stereocenters. The number of aromatic nitrogens is 2. The minimum atomic E-state index is -0.362. The van der Waals surface area contributed by atoms with Crippen molar-refractivity contribution in [3.63, 3.8) is 0 Å². The Balaban J connectivity index is 1.98. The van der Waals surface area contributed by atoms with E-state index < -0.39 is 0 Å². The molecular formula is C22H33N3O3S. The van der Waals surface area contributed by atoms with Crippen LogP contribution in [0.15, 0.2) is 4.79 Å². The molecule has 0 aliphatic heterocycles. The van der Waals surface area contributed by atoms with Crippen LogP contribution in [0.5, 0.6) is 0 Å². The van der Waals surface area contributed by atoms with E-state index in [1.54, 1.807) is 15.9 Å². The molecular weight excluding hydrogens is 386 g/mol. The van der Waals surface area contributed by atoms with Gasteiger partial charge >= 0.3 is 5.97 Å². The topological polar surface area (TPSA) is 64.4 Å². The van der Waals surface area contributed by atoms with E-state index in [-0.39, 0.29) is 18.1 Å². The second-order valence-corrected chi connectivity index (χ2v) is 9.26. The van der Waals surface area contributed by atoms with Gasteiger partial charge in [-0.15, -0.1) is 11.3 Å². The Bertz CT molecular complexity index is 912. The molecule has 0 N–H and O–H groups in total. The lowest BCUT2D eigenvalue weighted by atomic mass is 9.97. The summed E-state index contributed by atoms with van der Waals surface area (Å²) in [6.45, 7) is 11.0. The number of esters is 1. The quantitative estimate of drug-likeness (QED) is 0.579. The fourth-order valence-electron chi connectivity index (χ4n) is 3.79. The molecule has 2 aromatic heterocycles. The van der Waals surface area contributed by atoms with Crippen LogP contribution >= 0.6 is 11.3 Å². The van der Waals surface area contributed by atoms with E-state index in [4.69, 9.17) is 9.72 Å². The predicted molar refractivity (Wildman–Crippen MR) is 118 cm³/mol. The molecule has 0 fully saturated rings. The van der Waals surface area contributed by atoms with Crippen molar-refractivity contribution in [3.05, 3.63) is 26.6 Å². The molecule has 7 heteroatoms. The zero-order chi connectivity index (χ0) is 21.0. The summed E-state index contributed by atoms with van der Waals surface area (Å²) in [5.74, 6) is 0.767. The Hall–Kier alpha value is -1.73. The smallest absolute Gasteiger partial charge is 0.326 e. The van der Waals surface area contributed by atoms with E-state index in [0.717, 1.165) is 54.6 Å². The number of nitrogens with zero attached hydrogens (tertiary/aromatic N) is 3. The molecule has 0 saturated heterocycles. The molecule has 0 radical (unpaired) electrons. The van der Waals surface area contributed by atoms with Crippen molar-refractivity contribution < 1.29 is 9.53 Å². The molecule has 0 bridgehead atoms. The molecule has 2 aromatic rings. The van der Waals surface area contributed by atoms with Crippen LogP contribution in [-0.4, -0.2) is 40.1 Å². The van der Waals surface area contributed by atoms with Crippen molar-refractivity contribution in [2.45, 2.75) is 72.9 Å². The predicted octanol–water partition coefficient (Wildman–Crippen LogP) is 3.77. The van der Waals surface area contributed by atoms with Crippen LogP contribution in [0.25, 0.3) is 10.2 Å². The Labute approximate surface area is 176 Å². The van der Waals surface area contributed by atoms with Gasteiger partial charge in [0.2, 0.25) is 0 Å². The number of hydrogen-bond donors (Lipinski definition) is 0. The van der Waals surface area contributed by atoms with Crippen LogP contribution in [0.4, 0.5) is 0 Å². The van der Waals surface area contributed by atoms with Gasteiger partial charge in [-0.05, 0) is 56.7 Å². The van der Waals surface area contributed by atoms with Gasteiger partial charge < -0.3 is 4.74 Å². The maximum Gasteiger partial charge on any atom is 0.326 e. The summed E-state index contributed by atoms with van der Waals surface area (Å²) in [6.07, 6.45) is 5.06. The summed E-state index contributed by atoms with van der Waals surface area (Å²) in [6, 6.07) is 0. The minimum Gasteiger partial charge on any atom is -0.464 e. The largest absolute Gasteiger partial charge is 0.464 e. The van der Waals surface area contributed by atoms with Gasteiger partial charge in [-0.25, -0.2) is 4.98 Å². The molecule has 2 heterocycles. The number of aryl methyl sites for hydroxylation is 2. The highest BCUT2D eigenvalue weighted by atomic mass is 32.1. The second kappa shape index (κ2) is 9.85. The first kappa shape index (κ1) is 22.0. The fraction of sp³-hybridized carbons (Fsp3) is 0.682. The lowest BCUT2D eigenvalue weighted by Gasteiger charge is -2.20. The van der Waals surface area contributed by atoms with Gasteiger partial charge in [0.25, 0.3) is 5.56 Å². The van der Waals surface area contributed by atoms with E-state index in [0.29, 0.717) is 24.9 Å². The van der Waals surface area contributed by atoms with Gasteiger partial charge in [0.05, 0.1) is 18.5 Å². The Morgan fingerprint density at radius 1 is 1.24 bits per heavy atom. The SMILES string of the molecule is CCN(CC)Cc1nc2sc3c(c2c(=O)n1CC(=O)OCCC(C)C)CCCC3. The summed E-state index contributed by atoms with van der Waals surface area (Å²) < 4.78 is 6.95. The average molecular weight is 420 g/mol. The lowest BCUT2D eigenvalue weighted by molar-refractivity contribution is -0.144. The Morgan fingerprint density at radius 3 is 2.66 bits per heavy atom. The van der Waals surface area contributed by atoms with Crippen molar-refractivity contribution >= 4 is 27.5 Å². The number of carbonyl (C=O) groups excluding carboxylic acids is 1. The number of fused-ring (bicyclic) bond motifs is 3. The minimum absolute atomic E-state index is 0.0684. The third kappa shape index (κ3) is 5.07. The van der Waals surface area contributed by atoms with Gasteiger partial charge in [0.1, 0.15) is 17.2 Å². The monoisotopic (exact) mass is 419 g/mol. The molecule has 0 aromatic carbocycles. The lowest BCUT2D eigenvalue weighted by Crippen LogP contribution is -2.33. The summed E-state index contributed by atoms with van der Waals surface area (Å²) in [5.41, 5.74) is 1.07. The van der Waals surface area contributed by atoms with Crippen LogP contribution in [0.2, 0.25) is 0 Å². The van der Waals surface area contributed by atoms with Crippen molar-refractivity contribution in [2.75, 3.05) is 19.7 Å². The summed E-state index contributed by atoms with van der Waals surface area (Å²) in [7, 11) is 0. The zero-order valence-corrected chi connectivity index (χ0v) is 18.9. The maximum atomic E-state index is 13.5. The van der Waals surface area contributed by atoms with Crippen molar-refractivity contribution in [2.24, 2.45) is 5.92 Å². The van der Waals surface area contributed by atoms with Gasteiger partial charge in [-0.1, -0.05) is 27.7 Å². The number of carbonyl (C=O) groups is 1. The van der Waals surface area contributed by atoms with Crippen molar-refractivity contribution in [1.82, 2.24) is 14.5 Å². The van der Waals surface area contributed by atoms with E-state index in [1.807, 2.05) is 0 Å². The summed E-state index contributed by atoms with van der Waals surface area (Å²) in [4.78, 5) is 35.1. The molecule has 6 nitrogen and oxygen atoms in total. The molecule has 1 aliphatic carbocycles. The van der Waals surface area contributed by atoms with E-state index in [1.165, 1.54) is 11.3 Å². The summed E-state index contributed by atoms with van der Waals surface area (Å²) >= 11 is 1.66. The number of hydrogen-bond acceptors (Lipinski definition) is 6. The Kier molecular flexibility index (Phi) is 7.46. The van der Waals surface area contributed by atoms with Crippen LogP contribution in [-0.2, 0) is 35.5 Å². The molecule has 29 heavy (non-hydrogen) atoms.